The summed E-state index contributed by atoms with van der Waals surface area (Å²) in [4.78, 5) is 27.4. The van der Waals surface area contributed by atoms with Gasteiger partial charge in [0.05, 0.1) is 0 Å². The maximum Gasteiger partial charge on any atom is 0.319 e. The van der Waals surface area contributed by atoms with E-state index in [1.807, 2.05) is 21.0 Å². The monoisotopic (exact) mass is 256 g/mol. The molecule has 0 aromatic carbocycles. The Hall–Kier alpha value is -1.10. The summed E-state index contributed by atoms with van der Waals surface area (Å²) < 4.78 is 0. The van der Waals surface area contributed by atoms with Gasteiger partial charge >= 0.3 is 5.97 Å². The van der Waals surface area contributed by atoms with Crippen LogP contribution in [0.4, 0.5) is 0 Å². The van der Waals surface area contributed by atoms with E-state index in [0.29, 0.717) is 25.9 Å². The molecular formula is C13H24N2O3. The summed E-state index contributed by atoms with van der Waals surface area (Å²) in [6, 6.07) is 0. The Balaban J connectivity index is 2.58. The summed E-state index contributed by atoms with van der Waals surface area (Å²) in [6.07, 6.45) is 2.70. The maximum atomic E-state index is 12.3. The summed E-state index contributed by atoms with van der Waals surface area (Å²) in [5.74, 6) is -1.15. The number of nitrogens with zero attached hydrogens (tertiary/aromatic N) is 2. The van der Waals surface area contributed by atoms with E-state index in [4.69, 9.17) is 0 Å². The van der Waals surface area contributed by atoms with E-state index in [0.717, 1.165) is 19.4 Å². The molecule has 0 unspecified atom stereocenters. The molecule has 0 atom stereocenters. The minimum Gasteiger partial charge on any atom is -0.480 e. The Morgan fingerprint density at radius 2 is 1.83 bits per heavy atom. The number of carboxylic acids is 1. The maximum absolute atomic E-state index is 12.3. The molecule has 104 valence electrons. The number of amides is 1. The molecule has 1 fully saturated rings. The third-order valence-corrected chi connectivity index (χ3v) is 3.73. The van der Waals surface area contributed by atoms with Gasteiger partial charge in [0.15, 0.2) is 0 Å². The number of carboxylic acid groups (broad SMARTS) is 1. The van der Waals surface area contributed by atoms with Crippen LogP contribution < -0.4 is 0 Å². The minimum absolute atomic E-state index is 0.192. The van der Waals surface area contributed by atoms with Crippen molar-refractivity contribution >= 4 is 11.9 Å². The van der Waals surface area contributed by atoms with E-state index in [1.165, 1.54) is 0 Å². The number of aliphatic carboxylic acids is 1. The zero-order valence-corrected chi connectivity index (χ0v) is 11.6. The van der Waals surface area contributed by atoms with E-state index in [-0.39, 0.29) is 5.91 Å². The predicted molar refractivity (Wildman–Crippen MR) is 69.3 cm³/mol. The minimum atomic E-state index is -1.12. The van der Waals surface area contributed by atoms with E-state index >= 15 is 0 Å². The molecule has 0 saturated heterocycles. The highest BCUT2D eigenvalue weighted by molar-refractivity contribution is 6.02. The summed E-state index contributed by atoms with van der Waals surface area (Å²) in [5, 5.41) is 9.26. The molecule has 1 rings (SSSR count). The van der Waals surface area contributed by atoms with Crippen LogP contribution in [0.5, 0.6) is 0 Å². The first-order valence-electron chi connectivity index (χ1n) is 6.61. The molecule has 1 N–H and O–H groups in total. The van der Waals surface area contributed by atoms with E-state index in [1.54, 1.807) is 4.90 Å². The molecule has 5 nitrogen and oxygen atoms in total. The number of hydrogen-bond donors (Lipinski definition) is 1. The highest BCUT2D eigenvalue weighted by atomic mass is 16.4. The summed E-state index contributed by atoms with van der Waals surface area (Å²) in [7, 11) is 3.98. The topological polar surface area (TPSA) is 60.9 Å². The third-order valence-electron chi connectivity index (χ3n) is 3.73. The second-order valence-corrected chi connectivity index (χ2v) is 5.28. The van der Waals surface area contributed by atoms with Gasteiger partial charge in [-0.3, -0.25) is 9.59 Å². The second kappa shape index (κ2) is 6.18. The van der Waals surface area contributed by atoms with Crippen LogP contribution in [0.2, 0.25) is 0 Å². The van der Waals surface area contributed by atoms with Crippen LogP contribution in [-0.2, 0) is 9.59 Å². The van der Waals surface area contributed by atoms with Crippen LogP contribution in [0.25, 0.3) is 0 Å². The van der Waals surface area contributed by atoms with Crippen LogP contribution in [-0.4, -0.2) is 60.5 Å². The number of hydrogen-bond acceptors (Lipinski definition) is 3. The molecule has 0 heterocycles. The Morgan fingerprint density at radius 1 is 1.22 bits per heavy atom. The fraction of sp³-hybridized carbons (Fsp3) is 0.846. The second-order valence-electron chi connectivity index (χ2n) is 5.28. The highest BCUT2D eigenvalue weighted by Crippen LogP contribution is 2.42. The van der Waals surface area contributed by atoms with Crippen molar-refractivity contribution in [1.82, 2.24) is 9.80 Å². The molecule has 0 radical (unpaired) electrons. The number of carbonyl (C=O) groups excluding carboxylic acids is 1. The Kier molecular flexibility index (Phi) is 5.14. The highest BCUT2D eigenvalue weighted by Gasteiger charge is 2.52. The van der Waals surface area contributed by atoms with Crippen LogP contribution in [0, 0.1) is 5.41 Å². The predicted octanol–water partition coefficient (Wildman–Crippen LogP) is 1.04. The summed E-state index contributed by atoms with van der Waals surface area (Å²) in [5.41, 5.74) is -1.12. The molecule has 0 aliphatic heterocycles. The van der Waals surface area contributed by atoms with Crippen molar-refractivity contribution in [2.24, 2.45) is 5.41 Å². The lowest BCUT2D eigenvalue weighted by Crippen LogP contribution is -2.52. The lowest BCUT2D eigenvalue weighted by atomic mass is 9.67. The van der Waals surface area contributed by atoms with Gasteiger partial charge in [-0.15, -0.1) is 0 Å². The largest absolute Gasteiger partial charge is 0.480 e. The lowest BCUT2D eigenvalue weighted by molar-refractivity contribution is -0.167. The van der Waals surface area contributed by atoms with Gasteiger partial charge in [-0.05, 0) is 46.8 Å². The Labute approximate surface area is 109 Å². The number of carbonyl (C=O) groups is 2. The van der Waals surface area contributed by atoms with Gasteiger partial charge in [-0.25, -0.2) is 0 Å². The van der Waals surface area contributed by atoms with Gasteiger partial charge in [0.25, 0.3) is 0 Å². The van der Waals surface area contributed by atoms with Crippen LogP contribution in [0.1, 0.15) is 32.6 Å². The molecule has 5 heteroatoms. The van der Waals surface area contributed by atoms with E-state index in [2.05, 4.69) is 4.90 Å². The van der Waals surface area contributed by atoms with Gasteiger partial charge < -0.3 is 14.9 Å². The SMILES string of the molecule is CCN(CCCN(C)C)C(=O)C1(C(=O)O)CCC1. The van der Waals surface area contributed by atoms with Crippen LogP contribution >= 0.6 is 0 Å². The van der Waals surface area contributed by atoms with Crippen molar-refractivity contribution in [2.75, 3.05) is 33.7 Å². The molecular weight excluding hydrogens is 232 g/mol. The van der Waals surface area contributed by atoms with Crippen molar-refractivity contribution in [3.8, 4) is 0 Å². The Bertz CT molecular complexity index is 311. The summed E-state index contributed by atoms with van der Waals surface area (Å²) >= 11 is 0. The average molecular weight is 256 g/mol. The van der Waals surface area contributed by atoms with Crippen molar-refractivity contribution in [2.45, 2.75) is 32.6 Å². The van der Waals surface area contributed by atoms with Gasteiger partial charge in [-0.1, -0.05) is 6.42 Å². The first kappa shape index (κ1) is 15.0. The number of rotatable bonds is 7. The average Bonchev–Trinajstić information content (AvgIpc) is 2.21. The molecule has 1 aliphatic rings. The normalized spacial score (nSPS) is 17.3. The molecule has 0 aromatic heterocycles. The van der Waals surface area contributed by atoms with E-state index in [9.17, 15) is 14.7 Å². The van der Waals surface area contributed by atoms with Crippen LogP contribution in [0.3, 0.4) is 0 Å². The zero-order valence-electron chi connectivity index (χ0n) is 11.6. The molecule has 1 amide bonds. The fourth-order valence-corrected chi connectivity index (χ4v) is 2.33. The standard InChI is InChI=1S/C13H24N2O3/c1-4-15(10-6-9-14(2)3)11(16)13(12(17)18)7-5-8-13/h4-10H2,1-3H3,(H,17,18). The first-order valence-corrected chi connectivity index (χ1v) is 6.61. The molecule has 18 heavy (non-hydrogen) atoms. The van der Waals surface area contributed by atoms with Crippen molar-refractivity contribution < 1.29 is 14.7 Å². The Morgan fingerprint density at radius 3 is 2.17 bits per heavy atom. The summed E-state index contributed by atoms with van der Waals surface area (Å²) in [6.45, 7) is 4.04. The fourth-order valence-electron chi connectivity index (χ4n) is 2.33. The quantitative estimate of drug-likeness (QED) is 0.691. The molecule has 0 spiro atoms. The smallest absolute Gasteiger partial charge is 0.319 e. The van der Waals surface area contributed by atoms with Gasteiger partial charge in [0.2, 0.25) is 5.91 Å². The molecule has 1 saturated carbocycles. The molecule has 0 aromatic rings. The van der Waals surface area contributed by atoms with Gasteiger partial charge in [0.1, 0.15) is 5.41 Å². The molecule has 0 bridgehead atoms. The zero-order chi connectivity index (χ0) is 13.8. The lowest BCUT2D eigenvalue weighted by Gasteiger charge is -2.39. The van der Waals surface area contributed by atoms with Crippen molar-refractivity contribution in [1.29, 1.82) is 0 Å². The van der Waals surface area contributed by atoms with Gasteiger partial charge in [-0.2, -0.15) is 0 Å². The molecule has 1 aliphatic carbocycles. The third kappa shape index (κ3) is 3.02. The van der Waals surface area contributed by atoms with E-state index < -0.39 is 11.4 Å². The van der Waals surface area contributed by atoms with Crippen LogP contribution in [0.15, 0.2) is 0 Å². The van der Waals surface area contributed by atoms with Crippen molar-refractivity contribution in [3.05, 3.63) is 0 Å². The van der Waals surface area contributed by atoms with Gasteiger partial charge in [0, 0.05) is 13.1 Å². The first-order chi connectivity index (χ1) is 8.44. The van der Waals surface area contributed by atoms with Crippen molar-refractivity contribution in [3.63, 3.8) is 0 Å².